The lowest BCUT2D eigenvalue weighted by Gasteiger charge is -2.30. The van der Waals surface area contributed by atoms with Crippen LogP contribution in [0.2, 0.25) is 0 Å². The van der Waals surface area contributed by atoms with Crippen molar-refractivity contribution in [1.82, 2.24) is 9.80 Å². The Morgan fingerprint density at radius 1 is 1.10 bits per heavy atom. The molecule has 0 saturated carbocycles. The first-order valence-electron chi connectivity index (χ1n) is 10.3. The normalized spacial score (nSPS) is 19.9. The Balaban J connectivity index is 1.59. The van der Waals surface area contributed by atoms with Crippen LogP contribution in [0.3, 0.4) is 0 Å². The van der Waals surface area contributed by atoms with Gasteiger partial charge in [0.25, 0.3) is 0 Å². The van der Waals surface area contributed by atoms with Gasteiger partial charge in [-0.05, 0) is 31.8 Å². The van der Waals surface area contributed by atoms with Crippen molar-refractivity contribution in [1.29, 1.82) is 0 Å². The number of hydrogen-bond donors (Lipinski definition) is 1. The fourth-order valence-corrected chi connectivity index (χ4v) is 3.39. The fourth-order valence-electron chi connectivity index (χ4n) is 3.39. The SMILES string of the molecule is CN(C)CCOc1cccc(CN2CCOC[C@@](O)(COc3cc(F)cc(F)c3)C2)c1. The molecular formula is C23H30F2N2O4. The number of aliphatic hydroxyl groups is 1. The molecule has 0 aliphatic carbocycles. The summed E-state index contributed by atoms with van der Waals surface area (Å²) in [6.07, 6.45) is 0. The minimum absolute atomic E-state index is 0.0318. The van der Waals surface area contributed by atoms with Gasteiger partial charge in [0, 0.05) is 44.4 Å². The van der Waals surface area contributed by atoms with Gasteiger partial charge in [-0.3, -0.25) is 4.90 Å². The monoisotopic (exact) mass is 436 g/mol. The van der Waals surface area contributed by atoms with E-state index < -0.39 is 17.2 Å². The molecule has 0 unspecified atom stereocenters. The van der Waals surface area contributed by atoms with Crippen molar-refractivity contribution < 1.29 is 28.1 Å². The maximum absolute atomic E-state index is 13.4. The lowest BCUT2D eigenvalue weighted by molar-refractivity contribution is -0.0647. The molecule has 1 atom stereocenters. The van der Waals surface area contributed by atoms with Crippen molar-refractivity contribution >= 4 is 0 Å². The molecule has 1 N–H and O–H groups in total. The van der Waals surface area contributed by atoms with Crippen LogP contribution >= 0.6 is 0 Å². The molecule has 8 heteroatoms. The second-order valence-electron chi connectivity index (χ2n) is 8.18. The number of benzene rings is 2. The minimum Gasteiger partial charge on any atom is -0.492 e. The van der Waals surface area contributed by atoms with Crippen LogP contribution in [0.5, 0.6) is 11.5 Å². The molecule has 6 nitrogen and oxygen atoms in total. The summed E-state index contributed by atoms with van der Waals surface area (Å²) in [5.41, 5.74) is -0.251. The van der Waals surface area contributed by atoms with E-state index in [1.165, 1.54) is 0 Å². The van der Waals surface area contributed by atoms with Crippen molar-refractivity contribution in [2.75, 3.05) is 60.2 Å². The van der Waals surface area contributed by atoms with Gasteiger partial charge in [0.1, 0.15) is 41.9 Å². The second kappa shape index (κ2) is 10.9. The van der Waals surface area contributed by atoms with E-state index in [1.54, 1.807) is 0 Å². The minimum atomic E-state index is -1.31. The second-order valence-corrected chi connectivity index (χ2v) is 8.18. The topological polar surface area (TPSA) is 54.4 Å². The number of rotatable bonds is 9. The van der Waals surface area contributed by atoms with E-state index in [2.05, 4.69) is 9.80 Å². The number of β-amino-alcohol motifs (C(OH)–C–C–N with tert-alkyl or cyclic N) is 1. The van der Waals surface area contributed by atoms with Gasteiger partial charge < -0.3 is 24.2 Å². The first-order chi connectivity index (χ1) is 14.8. The molecule has 0 bridgehead atoms. The summed E-state index contributed by atoms with van der Waals surface area (Å²) >= 11 is 0. The molecule has 0 amide bonds. The molecule has 3 rings (SSSR count). The highest BCUT2D eigenvalue weighted by Gasteiger charge is 2.33. The molecule has 0 radical (unpaired) electrons. The summed E-state index contributed by atoms with van der Waals surface area (Å²) in [6, 6.07) is 10.8. The van der Waals surface area contributed by atoms with Crippen LogP contribution < -0.4 is 9.47 Å². The van der Waals surface area contributed by atoms with Crippen molar-refractivity contribution in [3.05, 3.63) is 59.7 Å². The van der Waals surface area contributed by atoms with Crippen molar-refractivity contribution in [3.8, 4) is 11.5 Å². The van der Waals surface area contributed by atoms with E-state index in [9.17, 15) is 13.9 Å². The molecular weight excluding hydrogens is 406 g/mol. The zero-order valence-corrected chi connectivity index (χ0v) is 18.0. The molecule has 1 heterocycles. The van der Waals surface area contributed by atoms with Crippen LogP contribution in [0.1, 0.15) is 5.56 Å². The first-order valence-corrected chi connectivity index (χ1v) is 10.3. The highest BCUT2D eigenvalue weighted by molar-refractivity contribution is 5.28. The number of hydrogen-bond acceptors (Lipinski definition) is 6. The van der Waals surface area contributed by atoms with E-state index >= 15 is 0 Å². The first kappa shape index (κ1) is 23.4. The molecule has 1 fully saturated rings. The fraction of sp³-hybridized carbons (Fsp3) is 0.478. The molecule has 0 aromatic heterocycles. The van der Waals surface area contributed by atoms with E-state index in [0.717, 1.165) is 36.1 Å². The van der Waals surface area contributed by atoms with Crippen molar-refractivity contribution in [3.63, 3.8) is 0 Å². The Morgan fingerprint density at radius 3 is 2.61 bits per heavy atom. The third-order valence-electron chi connectivity index (χ3n) is 4.90. The van der Waals surface area contributed by atoms with Crippen molar-refractivity contribution in [2.24, 2.45) is 0 Å². The molecule has 0 spiro atoms. The van der Waals surface area contributed by atoms with E-state index in [1.807, 2.05) is 38.4 Å². The third kappa shape index (κ3) is 7.74. The van der Waals surface area contributed by atoms with Gasteiger partial charge in [0.05, 0.1) is 13.2 Å². The Morgan fingerprint density at radius 2 is 1.87 bits per heavy atom. The molecule has 1 aliphatic rings. The Kier molecular flexibility index (Phi) is 8.20. The smallest absolute Gasteiger partial charge is 0.134 e. The van der Waals surface area contributed by atoms with Gasteiger partial charge in [-0.15, -0.1) is 0 Å². The Hall–Kier alpha value is -2.26. The summed E-state index contributed by atoms with van der Waals surface area (Å²) in [7, 11) is 3.99. The van der Waals surface area contributed by atoms with E-state index in [0.29, 0.717) is 32.8 Å². The average Bonchev–Trinajstić information content (AvgIpc) is 2.87. The van der Waals surface area contributed by atoms with Crippen LogP contribution in [-0.4, -0.2) is 80.7 Å². The quantitative estimate of drug-likeness (QED) is 0.652. The lowest BCUT2D eigenvalue weighted by atomic mass is 10.1. The highest BCUT2D eigenvalue weighted by atomic mass is 19.1. The summed E-state index contributed by atoms with van der Waals surface area (Å²) in [4.78, 5) is 4.13. The summed E-state index contributed by atoms with van der Waals surface area (Å²) in [5, 5.41) is 11.0. The van der Waals surface area contributed by atoms with E-state index in [4.69, 9.17) is 14.2 Å². The Labute approximate surface area is 181 Å². The van der Waals surface area contributed by atoms with Gasteiger partial charge in [0.15, 0.2) is 0 Å². The van der Waals surface area contributed by atoms with E-state index in [-0.39, 0.29) is 19.0 Å². The van der Waals surface area contributed by atoms with Crippen LogP contribution in [-0.2, 0) is 11.3 Å². The lowest BCUT2D eigenvalue weighted by Crippen LogP contribution is -2.48. The van der Waals surface area contributed by atoms with Crippen LogP contribution in [0.4, 0.5) is 8.78 Å². The highest BCUT2D eigenvalue weighted by Crippen LogP contribution is 2.21. The van der Waals surface area contributed by atoms with Crippen LogP contribution in [0, 0.1) is 11.6 Å². The maximum Gasteiger partial charge on any atom is 0.134 e. The maximum atomic E-state index is 13.4. The molecule has 1 aliphatic heterocycles. The van der Waals surface area contributed by atoms with Gasteiger partial charge in [0.2, 0.25) is 0 Å². The average molecular weight is 436 g/mol. The standard InChI is InChI=1S/C23H30F2N2O4/c1-26(2)6-9-30-21-5-3-4-18(10-21)14-27-7-8-29-16-23(28,15-27)17-31-22-12-19(24)11-20(25)13-22/h3-5,10-13,28H,6-9,14-17H2,1-2H3/t23-/m1/s1. The predicted octanol–water partition coefficient (Wildman–Crippen LogP) is 2.55. The van der Waals surface area contributed by atoms with Gasteiger partial charge >= 0.3 is 0 Å². The number of nitrogens with zero attached hydrogens (tertiary/aromatic N) is 2. The summed E-state index contributed by atoms with van der Waals surface area (Å²) in [5.74, 6) is -0.622. The van der Waals surface area contributed by atoms with Crippen LogP contribution in [0.25, 0.3) is 0 Å². The van der Waals surface area contributed by atoms with Crippen molar-refractivity contribution in [2.45, 2.75) is 12.1 Å². The molecule has 1 saturated heterocycles. The molecule has 2 aromatic rings. The molecule has 170 valence electrons. The predicted molar refractivity (Wildman–Crippen MR) is 113 cm³/mol. The number of halogens is 2. The summed E-state index contributed by atoms with van der Waals surface area (Å²) < 4.78 is 43.6. The zero-order chi connectivity index (χ0) is 22.3. The van der Waals surface area contributed by atoms with Gasteiger partial charge in [-0.25, -0.2) is 8.78 Å². The number of ether oxygens (including phenoxy) is 3. The molecule has 31 heavy (non-hydrogen) atoms. The number of likely N-dealkylation sites (N-methyl/N-ethyl adjacent to an activating group) is 1. The van der Waals surface area contributed by atoms with Gasteiger partial charge in [-0.2, -0.15) is 0 Å². The van der Waals surface area contributed by atoms with Crippen LogP contribution in [0.15, 0.2) is 42.5 Å². The van der Waals surface area contributed by atoms with Gasteiger partial charge in [-0.1, -0.05) is 12.1 Å². The summed E-state index contributed by atoms with van der Waals surface area (Å²) in [6.45, 7) is 3.39. The molecule has 2 aromatic carbocycles. The third-order valence-corrected chi connectivity index (χ3v) is 4.90. The zero-order valence-electron chi connectivity index (χ0n) is 18.0. The Bertz CT molecular complexity index is 832. The largest absolute Gasteiger partial charge is 0.492 e.